The number of nitrogens with zero attached hydrogens (tertiary/aromatic N) is 2. The van der Waals surface area contributed by atoms with E-state index in [0.717, 1.165) is 44.6 Å². The highest BCUT2D eigenvalue weighted by Gasteiger charge is 2.29. The minimum absolute atomic E-state index is 0.262. The minimum atomic E-state index is -0.600. The fraction of sp³-hybridized carbons (Fsp3) is 0.762. The molecule has 1 saturated heterocycles. The fourth-order valence-electron chi connectivity index (χ4n) is 4.34. The molecule has 1 atom stereocenters. The predicted octanol–water partition coefficient (Wildman–Crippen LogP) is 2.95. The molecule has 1 saturated carbocycles. The summed E-state index contributed by atoms with van der Waals surface area (Å²) in [6.07, 6.45) is 8.38. The summed E-state index contributed by atoms with van der Waals surface area (Å²) in [5, 5.41) is 7.47. The van der Waals surface area contributed by atoms with Gasteiger partial charge in [0, 0.05) is 26.2 Å². The third kappa shape index (κ3) is 5.34. The van der Waals surface area contributed by atoms with Gasteiger partial charge in [0.25, 0.3) is 5.91 Å². The number of hydrogen-bond acceptors (Lipinski definition) is 5. The summed E-state index contributed by atoms with van der Waals surface area (Å²) >= 11 is 0. The summed E-state index contributed by atoms with van der Waals surface area (Å²) < 4.78 is 12.3. The Kier molecular flexibility index (Phi) is 7.48. The van der Waals surface area contributed by atoms with Crippen LogP contribution in [0.25, 0.3) is 0 Å². The van der Waals surface area contributed by atoms with E-state index in [1.165, 1.54) is 19.3 Å². The van der Waals surface area contributed by atoms with Crippen molar-refractivity contribution in [2.24, 2.45) is 13.0 Å². The van der Waals surface area contributed by atoms with Crippen molar-refractivity contribution in [3.8, 4) is 0 Å². The zero-order chi connectivity index (χ0) is 19.9. The molecule has 28 heavy (non-hydrogen) atoms. The lowest BCUT2D eigenvalue weighted by atomic mass is 9.85. The van der Waals surface area contributed by atoms with Crippen LogP contribution in [0.2, 0.25) is 0 Å². The minimum Gasteiger partial charge on any atom is -0.464 e. The third-order valence-electron chi connectivity index (χ3n) is 5.94. The van der Waals surface area contributed by atoms with E-state index in [0.29, 0.717) is 30.6 Å². The average Bonchev–Trinajstić information content (AvgIpc) is 3.11. The van der Waals surface area contributed by atoms with Crippen molar-refractivity contribution >= 4 is 11.9 Å². The molecule has 0 radical (unpaired) electrons. The number of carbonyl (C=O) groups is 2. The van der Waals surface area contributed by atoms with Gasteiger partial charge < -0.3 is 14.8 Å². The van der Waals surface area contributed by atoms with Crippen LogP contribution in [0.3, 0.4) is 0 Å². The van der Waals surface area contributed by atoms with Crippen molar-refractivity contribution in [1.29, 1.82) is 0 Å². The van der Waals surface area contributed by atoms with E-state index in [1.807, 2.05) is 6.07 Å². The van der Waals surface area contributed by atoms with E-state index in [2.05, 4.69) is 10.4 Å². The van der Waals surface area contributed by atoms with Crippen LogP contribution in [-0.2, 0) is 21.3 Å². The number of hydrogen-bond donors (Lipinski definition) is 1. The molecule has 0 bridgehead atoms. The second kappa shape index (κ2) is 10.0. The molecule has 1 aromatic heterocycles. The zero-order valence-electron chi connectivity index (χ0n) is 17.1. The maximum atomic E-state index is 12.9. The molecule has 0 unspecified atom stereocenters. The van der Waals surface area contributed by atoms with E-state index >= 15 is 0 Å². The molecular weight excluding hydrogens is 358 g/mol. The summed E-state index contributed by atoms with van der Waals surface area (Å²) in [6, 6.07) is 1.26. The van der Waals surface area contributed by atoms with Crippen LogP contribution in [-0.4, -0.2) is 47.5 Å². The van der Waals surface area contributed by atoms with Gasteiger partial charge in [-0.1, -0.05) is 32.1 Å². The van der Waals surface area contributed by atoms with Crippen molar-refractivity contribution in [1.82, 2.24) is 15.1 Å². The first kappa shape index (κ1) is 20.8. The molecule has 1 aromatic rings. The smallest absolute Gasteiger partial charge is 0.328 e. The molecule has 156 valence electrons. The summed E-state index contributed by atoms with van der Waals surface area (Å²) in [4.78, 5) is 25.4. The third-order valence-corrected chi connectivity index (χ3v) is 5.94. The summed E-state index contributed by atoms with van der Waals surface area (Å²) in [5.41, 5.74) is 1.41. The molecular formula is C21H33N3O4. The lowest BCUT2D eigenvalue weighted by molar-refractivity contribution is -0.146. The second-order valence-electron chi connectivity index (χ2n) is 7.98. The van der Waals surface area contributed by atoms with Crippen LogP contribution in [0.1, 0.15) is 80.4 Å². The van der Waals surface area contributed by atoms with Gasteiger partial charge in [-0.05, 0) is 38.2 Å². The van der Waals surface area contributed by atoms with Gasteiger partial charge in [0.15, 0.2) is 0 Å². The van der Waals surface area contributed by atoms with Gasteiger partial charge in [0.05, 0.1) is 12.3 Å². The normalized spacial score (nSPS) is 19.9. The number of aryl methyl sites for hydroxylation is 1. The molecule has 1 aliphatic heterocycles. The maximum absolute atomic E-state index is 12.9. The molecule has 1 amide bonds. The topological polar surface area (TPSA) is 82.4 Å². The number of esters is 1. The Morgan fingerprint density at radius 3 is 2.64 bits per heavy atom. The van der Waals surface area contributed by atoms with Crippen LogP contribution < -0.4 is 5.32 Å². The van der Waals surface area contributed by atoms with Gasteiger partial charge >= 0.3 is 5.97 Å². The predicted molar refractivity (Wildman–Crippen MR) is 105 cm³/mol. The zero-order valence-corrected chi connectivity index (χ0v) is 17.1. The summed E-state index contributed by atoms with van der Waals surface area (Å²) in [5.74, 6) is 0.188. The number of ether oxygens (including phenoxy) is 2. The number of rotatable bonds is 7. The number of nitrogens with one attached hydrogen (secondary N) is 1. The van der Waals surface area contributed by atoms with Gasteiger partial charge in [-0.3, -0.25) is 9.48 Å². The molecule has 3 rings (SSSR count). The van der Waals surface area contributed by atoms with Gasteiger partial charge in [0.1, 0.15) is 11.7 Å². The average molecular weight is 392 g/mol. The highest BCUT2D eigenvalue weighted by atomic mass is 16.5. The molecule has 7 heteroatoms. The number of carbonyl (C=O) groups excluding carboxylic acids is 2. The molecule has 2 fully saturated rings. The fourth-order valence-corrected chi connectivity index (χ4v) is 4.34. The summed E-state index contributed by atoms with van der Waals surface area (Å²) in [6.45, 7) is 3.57. The molecule has 0 aromatic carbocycles. The molecule has 2 heterocycles. The first-order valence-corrected chi connectivity index (χ1v) is 10.7. The van der Waals surface area contributed by atoms with Crippen LogP contribution in [0.5, 0.6) is 0 Å². The van der Waals surface area contributed by atoms with E-state index in [4.69, 9.17) is 9.47 Å². The molecule has 1 N–H and O–H groups in total. The van der Waals surface area contributed by atoms with E-state index in [9.17, 15) is 9.59 Å². The van der Waals surface area contributed by atoms with Crippen LogP contribution in [0.4, 0.5) is 0 Å². The Morgan fingerprint density at radius 2 is 1.96 bits per heavy atom. The Balaban J connectivity index is 1.68. The maximum Gasteiger partial charge on any atom is 0.328 e. The van der Waals surface area contributed by atoms with Crippen LogP contribution in [0, 0.1) is 5.92 Å². The Morgan fingerprint density at radius 1 is 1.25 bits per heavy atom. The Labute approximate surface area is 167 Å². The lowest BCUT2D eigenvalue weighted by Crippen LogP contribution is -2.43. The van der Waals surface area contributed by atoms with E-state index in [1.54, 1.807) is 18.7 Å². The lowest BCUT2D eigenvalue weighted by Gasteiger charge is -2.26. The van der Waals surface area contributed by atoms with Gasteiger partial charge in [-0.2, -0.15) is 5.10 Å². The largest absolute Gasteiger partial charge is 0.464 e. The van der Waals surface area contributed by atoms with Gasteiger partial charge in [-0.15, -0.1) is 0 Å². The highest BCUT2D eigenvalue weighted by molar-refractivity contribution is 5.95. The van der Waals surface area contributed by atoms with Crippen molar-refractivity contribution in [2.45, 2.75) is 70.3 Å². The molecule has 7 nitrogen and oxygen atoms in total. The standard InChI is InChI=1S/C21H33N3O4/c1-3-28-21(26)18(13-15-7-5-4-6-8-15)22-20(25)19-14-17(23-24(19)2)16-9-11-27-12-10-16/h14-16,18H,3-13H2,1-2H3,(H,22,25)/t18-/m0/s1. The van der Waals surface area contributed by atoms with Gasteiger partial charge in [0.2, 0.25) is 0 Å². The van der Waals surface area contributed by atoms with Crippen molar-refractivity contribution < 1.29 is 19.1 Å². The van der Waals surface area contributed by atoms with Crippen LogP contribution >= 0.6 is 0 Å². The highest BCUT2D eigenvalue weighted by Crippen LogP contribution is 2.28. The van der Waals surface area contributed by atoms with Crippen molar-refractivity contribution in [3.63, 3.8) is 0 Å². The Hall–Kier alpha value is -1.89. The second-order valence-corrected chi connectivity index (χ2v) is 7.98. The first-order valence-electron chi connectivity index (χ1n) is 10.7. The van der Waals surface area contributed by atoms with E-state index < -0.39 is 6.04 Å². The van der Waals surface area contributed by atoms with Crippen molar-refractivity contribution in [2.75, 3.05) is 19.8 Å². The number of amides is 1. The summed E-state index contributed by atoms with van der Waals surface area (Å²) in [7, 11) is 1.78. The SMILES string of the molecule is CCOC(=O)[C@H](CC1CCCCC1)NC(=O)c1cc(C2CCOCC2)nn1C. The molecule has 0 spiro atoms. The number of aromatic nitrogens is 2. The quantitative estimate of drug-likeness (QED) is 0.723. The first-order chi connectivity index (χ1) is 13.6. The monoisotopic (exact) mass is 391 g/mol. The van der Waals surface area contributed by atoms with Gasteiger partial charge in [-0.25, -0.2) is 4.79 Å². The van der Waals surface area contributed by atoms with Crippen LogP contribution in [0.15, 0.2) is 6.07 Å². The van der Waals surface area contributed by atoms with E-state index in [-0.39, 0.29) is 11.9 Å². The molecule has 2 aliphatic rings. The Bertz CT molecular complexity index is 661. The molecule has 1 aliphatic carbocycles. The van der Waals surface area contributed by atoms with Crippen molar-refractivity contribution in [3.05, 3.63) is 17.5 Å².